The summed E-state index contributed by atoms with van der Waals surface area (Å²) in [5.41, 5.74) is -5.39. The van der Waals surface area contributed by atoms with Crippen LogP contribution in [0.3, 0.4) is 0 Å². The molecule has 0 aromatic carbocycles. The lowest BCUT2D eigenvalue weighted by molar-refractivity contribution is -0.247. The Labute approximate surface area is 156 Å². The monoisotopic (exact) mass is 390 g/mol. The number of carbonyl (C=O) groups is 2. The Morgan fingerprint density at radius 2 is 1.92 bits per heavy atom. The number of ether oxygens (including phenoxy) is 3. The van der Waals surface area contributed by atoms with Gasteiger partial charge in [-0.25, -0.2) is 0 Å². The Morgan fingerprint density at radius 3 is 2.50 bits per heavy atom. The average molecular weight is 390 g/mol. The molecule has 0 aliphatic carbocycles. The third kappa shape index (κ3) is 2.92. The molecule has 4 heterocycles. The van der Waals surface area contributed by atoms with Crippen LogP contribution in [-0.2, 0) is 23.8 Å². The molecule has 10 heteroatoms. The van der Waals surface area contributed by atoms with Crippen LogP contribution in [0.25, 0.3) is 0 Å². The molecular formula is C16H26N2O7S. The third-order valence-corrected chi connectivity index (χ3v) is 5.93. The predicted molar refractivity (Wildman–Crippen MR) is 91.9 cm³/mol. The molecule has 0 saturated carbocycles. The molecule has 26 heavy (non-hydrogen) atoms. The lowest BCUT2D eigenvalue weighted by atomic mass is 9.83. The smallest absolute Gasteiger partial charge is 0.278 e. The topological polar surface area (TPSA) is 126 Å². The van der Waals surface area contributed by atoms with Crippen LogP contribution in [-0.4, -0.2) is 76.2 Å². The molecule has 0 aromatic rings. The molecule has 0 spiro atoms. The molecule has 2 bridgehead atoms. The minimum absolute atomic E-state index is 0.00872. The fraction of sp³-hybridized carbons (Fsp3) is 0.875. The van der Waals surface area contributed by atoms with Gasteiger partial charge in [0.25, 0.3) is 17.5 Å². The zero-order valence-corrected chi connectivity index (χ0v) is 16.1. The zero-order valence-electron chi connectivity index (χ0n) is 15.3. The minimum Gasteiger partial charge on any atom is -0.384 e. The second-order valence-electron chi connectivity index (χ2n) is 7.71. The normalized spacial score (nSPS) is 43.4. The summed E-state index contributed by atoms with van der Waals surface area (Å²) in [6.45, 7) is 5.05. The Kier molecular flexibility index (Phi) is 4.82. The zero-order chi connectivity index (χ0) is 19.4. The number of hydrogen-bond donors (Lipinski definition) is 4. The van der Waals surface area contributed by atoms with E-state index in [1.807, 2.05) is 6.26 Å². The number of thioether (sulfide) groups is 1. The molecular weight excluding hydrogens is 364 g/mol. The number of fused-ring (bicyclic) bond motifs is 5. The van der Waals surface area contributed by atoms with Gasteiger partial charge in [0.2, 0.25) is 5.72 Å². The standard InChI is InChI=1S/C16H26N2O7S/c1-13(2)24-8-14(3,25-13)10(19)16-12(21)17-15(22,11(20)18-16)9(7-26-4)5-6-23-16/h9-10,19,22H,5-8H2,1-4H3,(H,17,21)(H,18,20)/t9?,10-,14-,15+,16-/m0/s1. The highest BCUT2D eigenvalue weighted by atomic mass is 32.2. The highest BCUT2D eigenvalue weighted by Gasteiger charge is 2.66. The Morgan fingerprint density at radius 1 is 1.23 bits per heavy atom. The SMILES string of the molecule is CSCC1CCO[C@]2([C@@H](O)[C@]3(C)COC(C)(C)O3)NC(=O)[C@@]1(O)NC2=O. The third-order valence-electron chi connectivity index (χ3n) is 5.19. The van der Waals surface area contributed by atoms with Gasteiger partial charge in [-0.1, -0.05) is 0 Å². The van der Waals surface area contributed by atoms with Crippen LogP contribution in [0.5, 0.6) is 0 Å². The molecule has 4 saturated heterocycles. The summed E-state index contributed by atoms with van der Waals surface area (Å²) in [6.07, 6.45) is 0.640. The lowest BCUT2D eigenvalue weighted by Gasteiger charge is -2.51. The van der Waals surface area contributed by atoms with Gasteiger partial charge in [0, 0.05) is 11.7 Å². The van der Waals surface area contributed by atoms with E-state index in [-0.39, 0.29) is 13.2 Å². The van der Waals surface area contributed by atoms with Gasteiger partial charge in [0.05, 0.1) is 13.2 Å². The molecule has 0 aromatic heterocycles. The predicted octanol–water partition coefficient (Wildman–Crippen LogP) is -1.08. The summed E-state index contributed by atoms with van der Waals surface area (Å²) in [4.78, 5) is 25.6. The quantitative estimate of drug-likeness (QED) is 0.478. The number of nitrogens with one attached hydrogen (secondary N) is 2. The van der Waals surface area contributed by atoms with Crippen LogP contribution in [0.2, 0.25) is 0 Å². The van der Waals surface area contributed by atoms with Gasteiger partial charge in [-0.05, 0) is 33.4 Å². The summed E-state index contributed by atoms with van der Waals surface area (Å²) >= 11 is 1.45. The Bertz CT molecular complexity index is 617. The summed E-state index contributed by atoms with van der Waals surface area (Å²) in [5.74, 6) is -2.62. The number of aliphatic hydroxyl groups is 2. The van der Waals surface area contributed by atoms with E-state index in [4.69, 9.17) is 14.2 Å². The van der Waals surface area contributed by atoms with Crippen LogP contribution >= 0.6 is 11.8 Å². The highest BCUT2D eigenvalue weighted by molar-refractivity contribution is 7.98. The van der Waals surface area contributed by atoms with Gasteiger partial charge in [-0.15, -0.1) is 0 Å². The maximum absolute atomic E-state index is 12.9. The van der Waals surface area contributed by atoms with Crippen molar-refractivity contribution in [2.24, 2.45) is 5.92 Å². The van der Waals surface area contributed by atoms with E-state index in [2.05, 4.69) is 10.6 Å². The molecule has 4 rings (SSSR count). The van der Waals surface area contributed by atoms with Crippen molar-refractivity contribution in [3.63, 3.8) is 0 Å². The first-order valence-corrected chi connectivity index (χ1v) is 9.91. The highest BCUT2D eigenvalue weighted by Crippen LogP contribution is 2.40. The summed E-state index contributed by atoms with van der Waals surface area (Å²) < 4.78 is 17.0. The Balaban J connectivity index is 1.94. The molecule has 5 atom stereocenters. The largest absolute Gasteiger partial charge is 0.384 e. The molecule has 9 nitrogen and oxygen atoms in total. The number of carbonyl (C=O) groups excluding carboxylic acids is 2. The molecule has 148 valence electrons. The van der Waals surface area contributed by atoms with Gasteiger partial charge in [0.1, 0.15) is 11.7 Å². The molecule has 4 N–H and O–H groups in total. The van der Waals surface area contributed by atoms with Crippen LogP contribution in [0.15, 0.2) is 0 Å². The van der Waals surface area contributed by atoms with Crippen molar-refractivity contribution in [2.75, 3.05) is 25.2 Å². The molecule has 4 aliphatic heterocycles. The van der Waals surface area contributed by atoms with Crippen molar-refractivity contribution >= 4 is 23.6 Å². The molecule has 4 aliphatic rings. The van der Waals surface area contributed by atoms with Crippen LogP contribution in [0.1, 0.15) is 27.2 Å². The average Bonchev–Trinajstić information content (AvgIpc) is 2.84. The number of rotatable bonds is 4. The van der Waals surface area contributed by atoms with E-state index >= 15 is 0 Å². The van der Waals surface area contributed by atoms with E-state index in [1.165, 1.54) is 11.8 Å². The first-order valence-electron chi connectivity index (χ1n) is 8.52. The van der Waals surface area contributed by atoms with E-state index in [0.717, 1.165) is 0 Å². The molecule has 1 unspecified atom stereocenters. The number of piperazine rings is 1. The maximum atomic E-state index is 12.9. The van der Waals surface area contributed by atoms with Crippen molar-refractivity contribution in [1.82, 2.24) is 10.6 Å². The van der Waals surface area contributed by atoms with Crippen molar-refractivity contribution < 1.29 is 34.0 Å². The minimum atomic E-state index is -2.06. The fourth-order valence-corrected chi connectivity index (χ4v) is 4.59. The van der Waals surface area contributed by atoms with Gasteiger partial charge < -0.3 is 35.1 Å². The second-order valence-corrected chi connectivity index (χ2v) is 8.62. The summed E-state index contributed by atoms with van der Waals surface area (Å²) in [7, 11) is 0. The van der Waals surface area contributed by atoms with Gasteiger partial charge in [0.15, 0.2) is 5.79 Å². The van der Waals surface area contributed by atoms with Crippen LogP contribution in [0.4, 0.5) is 0 Å². The summed E-state index contributed by atoms with van der Waals surface area (Å²) in [6, 6.07) is 0. The van der Waals surface area contributed by atoms with Crippen LogP contribution < -0.4 is 10.6 Å². The number of aliphatic hydroxyl groups excluding tert-OH is 1. The van der Waals surface area contributed by atoms with Gasteiger partial charge >= 0.3 is 0 Å². The lowest BCUT2D eigenvalue weighted by Crippen LogP contribution is -2.83. The van der Waals surface area contributed by atoms with Crippen molar-refractivity contribution in [3.05, 3.63) is 0 Å². The van der Waals surface area contributed by atoms with E-state index in [1.54, 1.807) is 20.8 Å². The van der Waals surface area contributed by atoms with Gasteiger partial charge in [-0.2, -0.15) is 11.8 Å². The van der Waals surface area contributed by atoms with Crippen molar-refractivity contribution in [2.45, 2.75) is 56.1 Å². The molecule has 0 radical (unpaired) electrons. The van der Waals surface area contributed by atoms with Crippen molar-refractivity contribution in [1.29, 1.82) is 0 Å². The van der Waals surface area contributed by atoms with Crippen LogP contribution in [0, 0.1) is 5.92 Å². The Hall–Kier alpha value is -0.910. The second kappa shape index (κ2) is 6.32. The van der Waals surface area contributed by atoms with E-state index < -0.39 is 46.7 Å². The first-order chi connectivity index (χ1) is 12.0. The maximum Gasteiger partial charge on any atom is 0.278 e. The van der Waals surface area contributed by atoms with E-state index in [9.17, 15) is 19.8 Å². The fourth-order valence-electron chi connectivity index (χ4n) is 3.78. The van der Waals surface area contributed by atoms with E-state index in [0.29, 0.717) is 12.2 Å². The summed E-state index contributed by atoms with van der Waals surface area (Å²) in [5, 5.41) is 26.6. The van der Waals surface area contributed by atoms with Gasteiger partial charge in [-0.3, -0.25) is 9.59 Å². The molecule has 4 fully saturated rings. The number of hydrogen-bond acceptors (Lipinski definition) is 8. The first kappa shape index (κ1) is 19.8. The molecule has 2 amide bonds. The number of amides is 2. The van der Waals surface area contributed by atoms with Crippen molar-refractivity contribution in [3.8, 4) is 0 Å².